The number of hydrogen-bond donors (Lipinski definition) is 1. The summed E-state index contributed by atoms with van der Waals surface area (Å²) in [5, 5.41) is 0.561. The Hall–Kier alpha value is -2.35. The van der Waals surface area contributed by atoms with Gasteiger partial charge in [0.1, 0.15) is 11.5 Å². The summed E-state index contributed by atoms with van der Waals surface area (Å²) in [5.41, 5.74) is 6.54. The monoisotopic (exact) mass is 334 g/mol. The first-order chi connectivity index (χ1) is 11.0. The SMILES string of the molecule is Cc1sc(N)nc1-c1nccc(N2CCN(C)CC2)n1.O=C=O. The van der Waals surface area contributed by atoms with E-state index in [0.29, 0.717) is 11.0 Å². The van der Waals surface area contributed by atoms with Gasteiger partial charge in [0, 0.05) is 37.3 Å². The lowest BCUT2D eigenvalue weighted by Crippen LogP contribution is -2.44. The zero-order valence-electron chi connectivity index (χ0n) is 13.0. The first kappa shape index (κ1) is 17.0. The third-order valence-electron chi connectivity index (χ3n) is 3.49. The third kappa shape index (κ3) is 4.32. The van der Waals surface area contributed by atoms with Crippen LogP contribution in [-0.2, 0) is 9.59 Å². The van der Waals surface area contributed by atoms with Gasteiger partial charge < -0.3 is 15.5 Å². The van der Waals surface area contributed by atoms with E-state index in [1.54, 1.807) is 6.20 Å². The molecule has 0 aliphatic carbocycles. The third-order valence-corrected chi connectivity index (χ3v) is 4.29. The Kier molecular flexibility index (Phi) is 5.75. The number of likely N-dealkylation sites (N-methyl/N-ethyl adjacent to an activating group) is 1. The van der Waals surface area contributed by atoms with Crippen LogP contribution in [0.2, 0.25) is 0 Å². The molecule has 8 nitrogen and oxygen atoms in total. The molecule has 1 saturated heterocycles. The van der Waals surface area contributed by atoms with Crippen LogP contribution in [0.5, 0.6) is 0 Å². The van der Waals surface area contributed by atoms with Gasteiger partial charge in [0.05, 0.1) is 0 Å². The Labute approximate surface area is 138 Å². The summed E-state index contributed by atoms with van der Waals surface area (Å²) >= 11 is 1.47. The van der Waals surface area contributed by atoms with Gasteiger partial charge in [-0.2, -0.15) is 9.59 Å². The number of nitrogens with zero attached hydrogens (tertiary/aromatic N) is 5. The second-order valence-corrected chi connectivity index (χ2v) is 6.30. The molecule has 0 unspecified atom stereocenters. The minimum atomic E-state index is 0.250. The molecule has 0 amide bonds. The number of aromatic nitrogens is 3. The van der Waals surface area contributed by atoms with Crippen LogP contribution in [-0.4, -0.2) is 59.2 Å². The fourth-order valence-corrected chi connectivity index (χ4v) is 2.98. The predicted molar refractivity (Wildman–Crippen MR) is 87.0 cm³/mol. The smallest absolute Gasteiger partial charge is 0.373 e. The van der Waals surface area contributed by atoms with Gasteiger partial charge >= 0.3 is 6.15 Å². The zero-order chi connectivity index (χ0) is 16.8. The van der Waals surface area contributed by atoms with E-state index in [1.165, 1.54) is 11.3 Å². The Balaban J connectivity index is 0.000000595. The van der Waals surface area contributed by atoms with Crippen molar-refractivity contribution in [3.05, 3.63) is 17.1 Å². The molecule has 2 N–H and O–H groups in total. The number of anilines is 2. The summed E-state index contributed by atoms with van der Waals surface area (Å²) in [7, 11) is 2.14. The van der Waals surface area contributed by atoms with E-state index >= 15 is 0 Å². The number of aryl methyl sites for hydroxylation is 1. The molecule has 0 spiro atoms. The standard InChI is InChI=1S/C13H18N6S.CO2/c1-9-11(17-13(14)20-9)12-15-4-3-10(16-12)19-7-5-18(2)6-8-19;2-1-3/h3-4H,5-8H2,1-2H3,(H2,14,17);. The molecule has 0 bridgehead atoms. The second-order valence-electron chi connectivity index (χ2n) is 5.07. The van der Waals surface area contributed by atoms with Crippen LogP contribution in [0.4, 0.5) is 10.9 Å². The van der Waals surface area contributed by atoms with E-state index in [1.807, 2.05) is 13.0 Å². The van der Waals surface area contributed by atoms with Gasteiger partial charge in [-0.25, -0.2) is 15.0 Å². The van der Waals surface area contributed by atoms with Gasteiger partial charge in [0.2, 0.25) is 0 Å². The normalized spacial score (nSPS) is 14.8. The fraction of sp³-hybridized carbons (Fsp3) is 0.429. The van der Waals surface area contributed by atoms with E-state index in [0.717, 1.165) is 42.6 Å². The quantitative estimate of drug-likeness (QED) is 0.854. The predicted octanol–water partition coefficient (Wildman–Crippen LogP) is 0.659. The Morgan fingerprint density at radius 2 is 1.87 bits per heavy atom. The van der Waals surface area contributed by atoms with Crippen molar-refractivity contribution in [3.8, 4) is 11.5 Å². The Morgan fingerprint density at radius 3 is 2.43 bits per heavy atom. The Morgan fingerprint density at radius 1 is 1.22 bits per heavy atom. The van der Waals surface area contributed by atoms with Crippen LogP contribution in [0.1, 0.15) is 4.88 Å². The highest BCUT2D eigenvalue weighted by Gasteiger charge is 2.17. The van der Waals surface area contributed by atoms with E-state index in [4.69, 9.17) is 15.3 Å². The van der Waals surface area contributed by atoms with E-state index in [-0.39, 0.29) is 6.15 Å². The van der Waals surface area contributed by atoms with Crippen LogP contribution in [0, 0.1) is 6.92 Å². The maximum Gasteiger partial charge on any atom is 0.373 e. The number of rotatable bonds is 2. The Bertz CT molecular complexity index is 690. The second kappa shape index (κ2) is 7.77. The van der Waals surface area contributed by atoms with Crippen LogP contribution in [0.15, 0.2) is 12.3 Å². The summed E-state index contributed by atoms with van der Waals surface area (Å²) in [5.74, 6) is 1.63. The summed E-state index contributed by atoms with van der Waals surface area (Å²) in [6, 6.07) is 1.96. The average molecular weight is 334 g/mol. The van der Waals surface area contributed by atoms with Gasteiger partial charge in [-0.3, -0.25) is 0 Å². The van der Waals surface area contributed by atoms with Crippen LogP contribution in [0.3, 0.4) is 0 Å². The number of carbonyl (C=O) groups excluding carboxylic acids is 2. The number of nitrogens with two attached hydrogens (primary N) is 1. The molecule has 122 valence electrons. The molecule has 1 aliphatic rings. The van der Waals surface area contributed by atoms with Crippen molar-refractivity contribution in [2.75, 3.05) is 43.9 Å². The number of hydrogen-bond acceptors (Lipinski definition) is 9. The van der Waals surface area contributed by atoms with E-state index in [2.05, 4.69) is 31.8 Å². The summed E-state index contributed by atoms with van der Waals surface area (Å²) in [4.78, 5) is 35.2. The van der Waals surface area contributed by atoms with Crippen molar-refractivity contribution in [1.29, 1.82) is 0 Å². The van der Waals surface area contributed by atoms with Gasteiger partial charge in [-0.1, -0.05) is 0 Å². The largest absolute Gasteiger partial charge is 0.375 e. The fourth-order valence-electron chi connectivity index (χ4n) is 2.30. The molecule has 3 heterocycles. The number of nitrogen functional groups attached to an aromatic ring is 1. The van der Waals surface area contributed by atoms with Gasteiger partial charge in [0.25, 0.3) is 0 Å². The molecule has 3 rings (SSSR count). The molecule has 0 radical (unpaired) electrons. The zero-order valence-corrected chi connectivity index (χ0v) is 13.8. The number of thiazole rings is 1. The van der Waals surface area contributed by atoms with E-state index in [9.17, 15) is 0 Å². The highest BCUT2D eigenvalue weighted by Crippen LogP contribution is 2.27. The highest BCUT2D eigenvalue weighted by molar-refractivity contribution is 7.15. The minimum Gasteiger partial charge on any atom is -0.375 e. The van der Waals surface area contributed by atoms with Crippen molar-refractivity contribution in [3.63, 3.8) is 0 Å². The molecule has 0 aromatic carbocycles. The molecule has 2 aromatic rings. The summed E-state index contributed by atoms with van der Waals surface area (Å²) < 4.78 is 0. The molecular formula is C14H18N6O2S. The topological polar surface area (TPSA) is 105 Å². The lowest BCUT2D eigenvalue weighted by molar-refractivity contribution is -0.191. The highest BCUT2D eigenvalue weighted by atomic mass is 32.1. The van der Waals surface area contributed by atoms with Crippen molar-refractivity contribution in [2.45, 2.75) is 6.92 Å². The first-order valence-electron chi connectivity index (χ1n) is 7.04. The molecule has 2 aromatic heterocycles. The van der Waals surface area contributed by atoms with Crippen molar-refractivity contribution in [2.24, 2.45) is 0 Å². The maximum absolute atomic E-state index is 8.12. The average Bonchev–Trinajstić information content (AvgIpc) is 2.88. The van der Waals surface area contributed by atoms with Gasteiger partial charge in [-0.15, -0.1) is 11.3 Å². The molecular weight excluding hydrogens is 316 g/mol. The summed E-state index contributed by atoms with van der Waals surface area (Å²) in [6.07, 6.45) is 2.05. The maximum atomic E-state index is 8.12. The summed E-state index contributed by atoms with van der Waals surface area (Å²) in [6.45, 7) is 6.09. The van der Waals surface area contributed by atoms with Crippen LogP contribution < -0.4 is 10.6 Å². The van der Waals surface area contributed by atoms with Crippen LogP contribution >= 0.6 is 11.3 Å². The lowest BCUT2D eigenvalue weighted by atomic mass is 10.3. The van der Waals surface area contributed by atoms with Gasteiger partial charge in [0.15, 0.2) is 11.0 Å². The number of piperazine rings is 1. The van der Waals surface area contributed by atoms with E-state index < -0.39 is 0 Å². The van der Waals surface area contributed by atoms with Crippen LogP contribution in [0.25, 0.3) is 11.5 Å². The van der Waals surface area contributed by atoms with Crippen molar-refractivity contribution < 1.29 is 9.59 Å². The first-order valence-corrected chi connectivity index (χ1v) is 7.86. The lowest BCUT2D eigenvalue weighted by Gasteiger charge is -2.33. The molecule has 23 heavy (non-hydrogen) atoms. The molecule has 9 heteroatoms. The molecule has 1 aliphatic heterocycles. The van der Waals surface area contributed by atoms with Gasteiger partial charge in [-0.05, 0) is 20.0 Å². The molecule has 0 saturated carbocycles. The van der Waals surface area contributed by atoms with Crippen molar-refractivity contribution in [1.82, 2.24) is 19.9 Å². The molecule has 1 fully saturated rings. The molecule has 0 atom stereocenters. The minimum absolute atomic E-state index is 0.250. The van der Waals surface area contributed by atoms with Crippen molar-refractivity contribution >= 4 is 28.4 Å².